The molecule has 6 aromatic heterocycles. The van der Waals surface area contributed by atoms with Gasteiger partial charge in [-0.25, -0.2) is 4.85 Å². The molecule has 10 heteroatoms. The highest BCUT2D eigenvalue weighted by molar-refractivity contribution is 6.19. The van der Waals surface area contributed by atoms with Crippen LogP contribution in [0.4, 0.5) is 5.69 Å². The lowest BCUT2D eigenvalue weighted by Crippen LogP contribution is -1.97. The Balaban J connectivity index is 0.000000109. The van der Waals surface area contributed by atoms with Gasteiger partial charge in [0.15, 0.2) is 5.69 Å². The maximum Gasteiger partial charge on any atom is 0.187 e. The number of fused-ring (bicyclic) bond motifs is 18. The molecule has 0 saturated heterocycles. The van der Waals surface area contributed by atoms with Gasteiger partial charge in [-0.15, -0.1) is 0 Å². The minimum Gasteiger partial charge on any atom is -0.309 e. The van der Waals surface area contributed by atoms with Gasteiger partial charge < -0.3 is 27.4 Å². The van der Waals surface area contributed by atoms with Crippen LogP contribution in [-0.4, -0.2) is 27.4 Å². The van der Waals surface area contributed by atoms with Gasteiger partial charge in [-0.1, -0.05) is 249 Å². The fraction of sp³-hybridized carbons (Fsp3) is 0. The van der Waals surface area contributed by atoms with Crippen molar-refractivity contribution in [3.8, 4) is 85.7 Å². The van der Waals surface area contributed by atoms with Gasteiger partial charge in [0.05, 0.1) is 119 Å². The molecule has 0 N–H and O–H groups in total. The third-order valence-corrected chi connectivity index (χ3v) is 24.0. The molecule has 122 heavy (non-hydrogen) atoms. The van der Waals surface area contributed by atoms with Crippen LogP contribution in [0, 0.1) is 40.6 Å². The Hall–Kier alpha value is -17.3. The van der Waals surface area contributed by atoms with Crippen molar-refractivity contribution >= 4 is 137 Å². The lowest BCUT2D eigenvalue weighted by molar-refractivity contribution is 1.17. The summed E-state index contributed by atoms with van der Waals surface area (Å²) in [5, 5.41) is 43.2. The summed E-state index contributed by atoms with van der Waals surface area (Å²) in [6, 6.07) is 151. The zero-order valence-electron chi connectivity index (χ0n) is 65.7. The van der Waals surface area contributed by atoms with Crippen LogP contribution in [0.1, 0.15) is 16.7 Å². The highest BCUT2D eigenvalue weighted by atomic mass is 15.0. The molecule has 24 aromatic rings. The van der Waals surface area contributed by atoms with Gasteiger partial charge in [0.2, 0.25) is 0 Å². The van der Waals surface area contributed by atoms with Gasteiger partial charge in [0.25, 0.3) is 0 Å². The summed E-state index contributed by atoms with van der Waals surface area (Å²) in [6.07, 6.45) is 0. The Bertz CT molecular complexity index is 8490. The van der Waals surface area contributed by atoms with E-state index in [2.05, 4.69) is 384 Å². The SMILES string of the molecule is N#Cc1cccc(-c2cccc(-n3c4ccccc4c4c(-n5c6ccccc6c6ccccc65)cccc43)c2)c1.N#Cc1ccccc1-c1cccc(-n2c3ccccc3c3c(-n4c5ccccc5c5ccccc54)cccc32)c1.[C-]#[N+]c1ccc(-c2cccc(-n3c4ccccc4c4cc(-n5c6ccccc6c6cc(C#N)ccc65)ccc43)c2)cc1. The van der Waals surface area contributed by atoms with Crippen molar-refractivity contribution in [1.29, 1.82) is 15.8 Å². The van der Waals surface area contributed by atoms with Crippen LogP contribution in [0.15, 0.2) is 413 Å². The van der Waals surface area contributed by atoms with Crippen molar-refractivity contribution in [3.05, 3.63) is 441 Å². The number of para-hydroxylation sites is 8. The van der Waals surface area contributed by atoms with Crippen LogP contribution in [0.25, 0.3) is 203 Å². The number of hydrogen-bond acceptors (Lipinski definition) is 3. The number of nitrogens with zero attached hydrogens (tertiary/aromatic N) is 10. The first-order valence-electron chi connectivity index (χ1n) is 40.7. The van der Waals surface area contributed by atoms with Gasteiger partial charge in [-0.3, -0.25) is 0 Å². The molecule has 0 saturated carbocycles. The second kappa shape index (κ2) is 29.5. The van der Waals surface area contributed by atoms with E-state index in [0.717, 1.165) is 117 Å². The topological polar surface area (TPSA) is 105 Å². The molecule has 24 rings (SSSR count). The van der Waals surface area contributed by atoms with Crippen LogP contribution in [0.3, 0.4) is 0 Å². The number of benzene rings is 18. The Morgan fingerprint density at radius 2 is 0.525 bits per heavy atom. The highest BCUT2D eigenvalue weighted by Gasteiger charge is 2.24. The van der Waals surface area contributed by atoms with E-state index in [-0.39, 0.29) is 0 Å². The van der Waals surface area contributed by atoms with Gasteiger partial charge >= 0.3 is 0 Å². The maximum absolute atomic E-state index is 9.73. The van der Waals surface area contributed by atoms with E-state index in [1.165, 1.54) is 81.6 Å². The molecule has 0 bridgehead atoms. The quantitative estimate of drug-likeness (QED) is 0.134. The molecule has 6 heterocycles. The zero-order chi connectivity index (χ0) is 81.5. The van der Waals surface area contributed by atoms with Crippen LogP contribution < -0.4 is 0 Å². The smallest absolute Gasteiger partial charge is 0.187 e. The number of hydrogen-bond donors (Lipinski definition) is 0. The molecule has 0 aliphatic carbocycles. The van der Waals surface area contributed by atoms with E-state index in [0.29, 0.717) is 22.4 Å². The van der Waals surface area contributed by atoms with Gasteiger partial charge in [-0.05, 0) is 197 Å². The fourth-order valence-corrected chi connectivity index (χ4v) is 18.8. The molecule has 18 aromatic carbocycles. The average molecular weight is 1550 g/mol. The normalized spacial score (nSPS) is 11.4. The summed E-state index contributed by atoms with van der Waals surface area (Å²) in [4.78, 5) is 3.53. The highest BCUT2D eigenvalue weighted by Crippen LogP contribution is 2.45. The summed E-state index contributed by atoms with van der Waals surface area (Å²) in [7, 11) is 0. The van der Waals surface area contributed by atoms with Gasteiger partial charge in [0.1, 0.15) is 0 Å². The number of aromatic nitrogens is 6. The summed E-state index contributed by atoms with van der Waals surface area (Å²) < 4.78 is 14.2. The van der Waals surface area contributed by atoms with E-state index >= 15 is 0 Å². The predicted octanol–water partition coefficient (Wildman–Crippen LogP) is 28.8. The van der Waals surface area contributed by atoms with E-state index < -0.39 is 0 Å². The molecule has 0 fully saturated rings. The lowest BCUT2D eigenvalue weighted by Gasteiger charge is -2.12. The average Bonchev–Trinajstić information content (AvgIpc) is 1.67. The summed E-state index contributed by atoms with van der Waals surface area (Å²) in [5.74, 6) is 0. The molecule has 0 amide bonds. The molecular formula is C112H68N10. The molecule has 0 aliphatic heterocycles. The number of nitriles is 3. The van der Waals surface area contributed by atoms with Crippen LogP contribution in [0.2, 0.25) is 0 Å². The van der Waals surface area contributed by atoms with Crippen LogP contribution in [-0.2, 0) is 0 Å². The Morgan fingerprint density at radius 1 is 0.205 bits per heavy atom. The first-order valence-corrected chi connectivity index (χ1v) is 40.7. The van der Waals surface area contributed by atoms with Crippen molar-refractivity contribution in [2.45, 2.75) is 0 Å². The van der Waals surface area contributed by atoms with Crippen molar-refractivity contribution < 1.29 is 0 Å². The first kappa shape index (κ1) is 71.3. The monoisotopic (exact) mass is 1550 g/mol. The van der Waals surface area contributed by atoms with Crippen molar-refractivity contribution in [2.24, 2.45) is 0 Å². The number of rotatable bonds is 9. The molecule has 566 valence electrons. The zero-order valence-corrected chi connectivity index (χ0v) is 65.7. The Kier molecular flexibility index (Phi) is 17.2. The molecule has 0 aliphatic rings. The summed E-state index contributed by atoms with van der Waals surface area (Å²) >= 11 is 0. The molecule has 10 nitrogen and oxygen atoms in total. The molecule has 0 atom stereocenters. The van der Waals surface area contributed by atoms with E-state index in [9.17, 15) is 15.8 Å². The Morgan fingerprint density at radius 3 is 0.984 bits per heavy atom. The van der Waals surface area contributed by atoms with Crippen LogP contribution in [0.5, 0.6) is 0 Å². The third kappa shape index (κ3) is 11.7. The maximum atomic E-state index is 9.73. The second-order valence-electron chi connectivity index (χ2n) is 30.7. The molecule has 0 spiro atoms. The van der Waals surface area contributed by atoms with Gasteiger partial charge in [0, 0.05) is 87.4 Å². The predicted molar refractivity (Wildman–Crippen MR) is 502 cm³/mol. The van der Waals surface area contributed by atoms with E-state index in [1.54, 1.807) is 0 Å². The third-order valence-electron chi connectivity index (χ3n) is 24.0. The standard InChI is InChI=1S/C38H22N4.2C37H23N3/c1-40-28-16-14-26(15-17-28)27-7-6-8-29(22-27)41-36-12-5-3-10-32(36)34-23-30(18-20-38(34)41)42-35-11-4-2-9-31(35)33-21-25(24-39)13-19-37(33)42;38-24-25-10-7-11-26(22-25)27-12-8-13-28(23-27)39-34-19-6-3-16-31(34)37-35(39)20-9-21-36(37)40-32-17-4-1-14-29(32)30-15-2-5-18-33(30)40;38-24-26-11-1-2-14-28(26)25-12-9-13-27(23-25)39-34-20-8-5-17-31(34)37-35(39)21-10-22-36(37)40-32-18-6-3-15-29(32)30-16-4-7-19-33(30)40/h2-23H;2*1-23H. The fourth-order valence-electron chi connectivity index (χ4n) is 18.8. The minimum atomic E-state index is 0.641. The van der Waals surface area contributed by atoms with Crippen molar-refractivity contribution in [1.82, 2.24) is 27.4 Å². The Labute approximate surface area is 701 Å². The van der Waals surface area contributed by atoms with Crippen molar-refractivity contribution in [3.63, 3.8) is 0 Å². The second-order valence-corrected chi connectivity index (χ2v) is 30.7. The van der Waals surface area contributed by atoms with Crippen LogP contribution >= 0.6 is 0 Å². The molecular weight excluding hydrogens is 1490 g/mol. The summed E-state index contributed by atoms with van der Waals surface area (Å²) in [6.45, 7) is 7.27. The van der Waals surface area contributed by atoms with E-state index in [4.69, 9.17) is 6.57 Å². The lowest BCUT2D eigenvalue weighted by atomic mass is 10.00. The van der Waals surface area contributed by atoms with Gasteiger partial charge in [-0.2, -0.15) is 15.8 Å². The van der Waals surface area contributed by atoms with E-state index in [1.807, 2.05) is 78.9 Å². The molecule has 0 unspecified atom stereocenters. The molecule has 0 radical (unpaired) electrons. The first-order chi connectivity index (χ1) is 60.4. The summed E-state index contributed by atoms with van der Waals surface area (Å²) in [5.41, 5.74) is 29.4. The minimum absolute atomic E-state index is 0.641. The largest absolute Gasteiger partial charge is 0.309 e. The van der Waals surface area contributed by atoms with Crippen molar-refractivity contribution in [2.75, 3.05) is 0 Å².